The maximum Gasteiger partial charge on any atom is 0.305 e. The van der Waals surface area contributed by atoms with Gasteiger partial charge < -0.3 is 19.9 Å². The van der Waals surface area contributed by atoms with Gasteiger partial charge in [0.1, 0.15) is 0 Å². The fourth-order valence-corrected chi connectivity index (χ4v) is 3.51. The summed E-state index contributed by atoms with van der Waals surface area (Å²) in [5, 5.41) is 4.07. The first-order valence-electron chi connectivity index (χ1n) is 8.30. The summed E-state index contributed by atoms with van der Waals surface area (Å²) in [5.74, 6) is -0.202. The third-order valence-corrected chi connectivity index (χ3v) is 4.73. The second-order valence-electron chi connectivity index (χ2n) is 6.10. The van der Waals surface area contributed by atoms with Gasteiger partial charge in [0.05, 0.1) is 24.9 Å². The van der Waals surface area contributed by atoms with E-state index in [9.17, 15) is 4.79 Å². The minimum Gasteiger partial charge on any atom is -0.469 e. The number of thiocarbonyl (C=S) groups is 1. The van der Waals surface area contributed by atoms with Crippen LogP contribution in [0.3, 0.4) is 0 Å². The Morgan fingerprint density at radius 2 is 2.20 bits per heavy atom. The molecule has 0 saturated carbocycles. The number of carbonyl (C=O) groups is 1. The van der Waals surface area contributed by atoms with Crippen molar-refractivity contribution >= 4 is 23.3 Å². The van der Waals surface area contributed by atoms with Crippen molar-refractivity contribution in [1.82, 2.24) is 20.2 Å². The second-order valence-corrected chi connectivity index (χ2v) is 6.48. The first-order valence-corrected chi connectivity index (χ1v) is 8.71. The predicted octanol–water partition coefficient (Wildman–Crippen LogP) is 2.64. The van der Waals surface area contributed by atoms with Gasteiger partial charge in [-0.05, 0) is 49.8 Å². The summed E-state index contributed by atoms with van der Waals surface area (Å²) in [4.78, 5) is 21.4. The maximum atomic E-state index is 11.4. The minimum atomic E-state index is -0.202. The highest BCUT2D eigenvalue weighted by molar-refractivity contribution is 7.80. The molecule has 2 N–H and O–H groups in total. The number of nitrogens with one attached hydrogen (secondary N) is 2. The van der Waals surface area contributed by atoms with Crippen molar-refractivity contribution in [2.45, 2.75) is 31.8 Å². The van der Waals surface area contributed by atoms with E-state index >= 15 is 0 Å². The number of carbonyl (C=O) groups excluding carboxylic acids is 1. The third-order valence-electron chi connectivity index (χ3n) is 4.38. The van der Waals surface area contributed by atoms with Crippen molar-refractivity contribution in [2.75, 3.05) is 13.7 Å². The normalized spacial score (nSPS) is 19.8. The molecule has 1 fully saturated rings. The minimum absolute atomic E-state index is 0.00810. The number of hydrogen-bond donors (Lipinski definition) is 2. The third kappa shape index (κ3) is 3.82. The van der Waals surface area contributed by atoms with Crippen molar-refractivity contribution in [1.29, 1.82) is 0 Å². The Kier molecular flexibility index (Phi) is 5.33. The summed E-state index contributed by atoms with van der Waals surface area (Å²) in [6, 6.07) is 9.99. The number of aryl methyl sites for hydroxylation is 1. The fraction of sp³-hybridized carbons (Fsp3) is 0.389. The van der Waals surface area contributed by atoms with Crippen molar-refractivity contribution in [2.24, 2.45) is 0 Å². The van der Waals surface area contributed by atoms with Crippen LogP contribution < -0.4 is 5.32 Å². The molecule has 0 spiro atoms. The van der Waals surface area contributed by atoms with Crippen LogP contribution in [0.15, 0.2) is 36.5 Å². The lowest BCUT2D eigenvalue weighted by Gasteiger charge is -2.26. The average Bonchev–Trinajstić information content (AvgIpc) is 3.19. The van der Waals surface area contributed by atoms with E-state index in [1.54, 1.807) is 6.20 Å². The number of aromatic nitrogens is 2. The van der Waals surface area contributed by atoms with E-state index in [1.807, 2.05) is 25.1 Å². The van der Waals surface area contributed by atoms with Gasteiger partial charge in [0.25, 0.3) is 0 Å². The summed E-state index contributed by atoms with van der Waals surface area (Å²) in [6.07, 6.45) is 2.84. The lowest BCUT2D eigenvalue weighted by molar-refractivity contribution is -0.140. The van der Waals surface area contributed by atoms with Gasteiger partial charge in [-0.25, -0.2) is 0 Å². The number of pyridine rings is 1. The molecule has 0 bridgehead atoms. The summed E-state index contributed by atoms with van der Waals surface area (Å²) in [7, 11) is 1.41. The quantitative estimate of drug-likeness (QED) is 0.611. The van der Waals surface area contributed by atoms with Crippen LogP contribution in [-0.4, -0.2) is 39.6 Å². The number of aromatic amines is 1. The smallest absolute Gasteiger partial charge is 0.305 e. The number of H-pyrrole nitrogens is 1. The number of rotatable bonds is 6. The molecule has 3 heterocycles. The molecule has 25 heavy (non-hydrogen) atoms. The van der Waals surface area contributed by atoms with E-state index in [0.717, 1.165) is 17.1 Å². The van der Waals surface area contributed by atoms with Gasteiger partial charge in [0.2, 0.25) is 0 Å². The molecule has 1 aliphatic heterocycles. The van der Waals surface area contributed by atoms with Crippen molar-refractivity contribution in [3.8, 4) is 0 Å². The molecular formula is C18H22N4O2S. The molecule has 3 rings (SSSR count). The van der Waals surface area contributed by atoms with Crippen LogP contribution in [0.25, 0.3) is 0 Å². The van der Waals surface area contributed by atoms with Crippen LogP contribution in [0.4, 0.5) is 0 Å². The summed E-state index contributed by atoms with van der Waals surface area (Å²) < 4.78 is 4.72. The largest absolute Gasteiger partial charge is 0.469 e. The Hall–Kier alpha value is -2.41. The van der Waals surface area contributed by atoms with Crippen LogP contribution in [0.2, 0.25) is 0 Å². The Bertz CT molecular complexity index is 747. The van der Waals surface area contributed by atoms with E-state index in [-0.39, 0.29) is 18.1 Å². The van der Waals surface area contributed by atoms with E-state index < -0.39 is 0 Å². The van der Waals surface area contributed by atoms with E-state index in [1.165, 1.54) is 7.11 Å². The summed E-state index contributed by atoms with van der Waals surface area (Å²) in [5.41, 5.74) is 3.12. The van der Waals surface area contributed by atoms with Crippen LogP contribution in [-0.2, 0) is 9.53 Å². The molecule has 0 amide bonds. The topological polar surface area (TPSA) is 70.2 Å². The van der Waals surface area contributed by atoms with Crippen LogP contribution in [0, 0.1) is 6.92 Å². The van der Waals surface area contributed by atoms with Gasteiger partial charge in [-0.3, -0.25) is 9.78 Å². The summed E-state index contributed by atoms with van der Waals surface area (Å²) in [6.45, 7) is 2.70. The van der Waals surface area contributed by atoms with Gasteiger partial charge >= 0.3 is 5.97 Å². The number of ether oxygens (including phenoxy) is 1. The van der Waals surface area contributed by atoms with Gasteiger partial charge in [-0.1, -0.05) is 6.07 Å². The van der Waals surface area contributed by atoms with Gasteiger partial charge in [0, 0.05) is 30.6 Å². The van der Waals surface area contributed by atoms with Crippen molar-refractivity contribution in [3.05, 3.63) is 53.6 Å². The Labute approximate surface area is 152 Å². The SMILES string of the molecule is COC(=O)CCCN1C(=S)N[C@H](c2ccccn2)[C@H]1c1ccc(C)[nH]1. The molecule has 1 aliphatic rings. The molecular weight excluding hydrogens is 336 g/mol. The molecule has 2 aromatic rings. The molecule has 7 heteroatoms. The van der Waals surface area contributed by atoms with Gasteiger partial charge in [-0.2, -0.15) is 0 Å². The lowest BCUT2D eigenvalue weighted by Crippen LogP contribution is -2.31. The summed E-state index contributed by atoms with van der Waals surface area (Å²) >= 11 is 5.57. The second kappa shape index (κ2) is 7.65. The Morgan fingerprint density at radius 1 is 1.36 bits per heavy atom. The Morgan fingerprint density at radius 3 is 2.84 bits per heavy atom. The van der Waals surface area contributed by atoms with E-state index in [0.29, 0.717) is 24.5 Å². The standard InChI is InChI=1S/C18H22N4O2S/c1-12-8-9-14(20-12)17-16(13-6-3-4-10-19-13)21-18(25)22(17)11-5-7-15(23)24-2/h3-4,6,8-10,16-17,20H,5,7,11H2,1-2H3,(H,21,25)/t16-,17-/m1/s1. The highest BCUT2D eigenvalue weighted by atomic mass is 32.1. The van der Waals surface area contributed by atoms with Gasteiger partial charge in [0.15, 0.2) is 5.11 Å². The molecule has 0 unspecified atom stereocenters. The van der Waals surface area contributed by atoms with Crippen LogP contribution in [0.5, 0.6) is 0 Å². The molecule has 132 valence electrons. The number of hydrogen-bond acceptors (Lipinski definition) is 4. The first kappa shape index (κ1) is 17.4. The highest BCUT2D eigenvalue weighted by Crippen LogP contribution is 2.38. The van der Waals surface area contributed by atoms with E-state index in [2.05, 4.69) is 32.3 Å². The number of esters is 1. The van der Waals surface area contributed by atoms with Crippen molar-refractivity contribution in [3.63, 3.8) is 0 Å². The molecule has 1 saturated heterocycles. The fourth-order valence-electron chi connectivity index (χ4n) is 3.18. The molecule has 2 atom stereocenters. The van der Waals surface area contributed by atoms with Crippen molar-refractivity contribution < 1.29 is 9.53 Å². The van der Waals surface area contributed by atoms with Gasteiger partial charge in [-0.15, -0.1) is 0 Å². The molecule has 0 aromatic carbocycles. The molecule has 2 aromatic heterocycles. The van der Waals surface area contributed by atoms with Crippen LogP contribution in [0.1, 0.15) is 42.0 Å². The van der Waals surface area contributed by atoms with E-state index in [4.69, 9.17) is 17.0 Å². The molecule has 0 aliphatic carbocycles. The highest BCUT2D eigenvalue weighted by Gasteiger charge is 2.40. The Balaban J connectivity index is 1.85. The number of methoxy groups -OCH3 is 1. The number of nitrogens with zero attached hydrogens (tertiary/aromatic N) is 2. The molecule has 6 nitrogen and oxygen atoms in total. The maximum absolute atomic E-state index is 11.4. The lowest BCUT2D eigenvalue weighted by atomic mass is 10.0. The zero-order valence-corrected chi connectivity index (χ0v) is 15.2. The van der Waals surface area contributed by atoms with Crippen LogP contribution >= 0.6 is 12.2 Å². The monoisotopic (exact) mass is 358 g/mol. The zero-order valence-electron chi connectivity index (χ0n) is 14.4. The first-order chi connectivity index (χ1) is 12.1. The molecule has 0 radical (unpaired) electrons. The predicted molar refractivity (Wildman–Crippen MR) is 98.9 cm³/mol. The average molecular weight is 358 g/mol. The zero-order chi connectivity index (χ0) is 17.8.